The molecule has 0 bridgehead atoms. The van der Waals surface area contributed by atoms with Crippen molar-refractivity contribution < 1.29 is 23.1 Å². The van der Waals surface area contributed by atoms with E-state index in [0.29, 0.717) is 6.54 Å². The predicted octanol–water partition coefficient (Wildman–Crippen LogP) is 4.68. The Balaban J connectivity index is 1.48. The molecule has 29 heavy (non-hydrogen) atoms. The van der Waals surface area contributed by atoms with E-state index in [1.165, 1.54) is 0 Å². The van der Waals surface area contributed by atoms with Gasteiger partial charge in [0.05, 0.1) is 5.38 Å². The molecule has 0 aliphatic heterocycles. The normalized spacial score (nSPS) is 12.9. The van der Waals surface area contributed by atoms with Crippen LogP contribution in [0.4, 0.5) is 0 Å². The fourth-order valence-electron chi connectivity index (χ4n) is 2.90. The molecule has 5 nitrogen and oxygen atoms in total. The van der Waals surface area contributed by atoms with Gasteiger partial charge in [0, 0.05) is 5.56 Å². The summed E-state index contributed by atoms with van der Waals surface area (Å²) in [6.07, 6.45) is 1.96. The van der Waals surface area contributed by atoms with Crippen LogP contribution >= 0.6 is 19.2 Å². The van der Waals surface area contributed by atoms with E-state index in [2.05, 4.69) is 0 Å². The Morgan fingerprint density at radius 2 is 1.55 bits per heavy atom. The largest absolute Gasteiger partial charge is 0.736 e. The number of aromatic nitrogens is 1. The number of hydrogen-bond acceptors (Lipinski definition) is 5. The van der Waals surface area contributed by atoms with Gasteiger partial charge in [0.25, 0.3) is 0 Å². The first-order valence-corrected chi connectivity index (χ1v) is 11.3. The van der Waals surface area contributed by atoms with E-state index in [1.54, 1.807) is 47.7 Å². The highest BCUT2D eigenvalue weighted by Gasteiger charge is 2.15. The molecular weight excluding hydrogens is 405 g/mol. The van der Waals surface area contributed by atoms with Gasteiger partial charge in [0.15, 0.2) is 12.7 Å². The molecule has 0 amide bonds. The van der Waals surface area contributed by atoms with Gasteiger partial charge in [-0.2, -0.15) is 4.57 Å². The zero-order chi connectivity index (χ0) is 20.1. The average Bonchev–Trinajstić information content (AvgIpc) is 3.21. The summed E-state index contributed by atoms with van der Waals surface area (Å²) in [6.45, 7) is 0.629. The van der Waals surface area contributed by atoms with Gasteiger partial charge in [-0.25, -0.2) is 4.57 Å². The van der Waals surface area contributed by atoms with Crippen molar-refractivity contribution in [1.29, 1.82) is 0 Å². The highest BCUT2D eigenvalue weighted by atomic mass is 32.1. The summed E-state index contributed by atoms with van der Waals surface area (Å²) in [7, 11) is -4.59. The summed E-state index contributed by atoms with van der Waals surface area (Å²) >= 11 is 1.59. The fraction of sp³-hybridized carbons (Fsp3) is 0.0455. The Hall–Kier alpha value is -2.92. The van der Waals surface area contributed by atoms with Crippen LogP contribution in [0.5, 0.6) is 11.5 Å². The van der Waals surface area contributed by atoms with Crippen molar-refractivity contribution >= 4 is 19.2 Å². The molecule has 146 valence electrons. The van der Waals surface area contributed by atoms with Crippen molar-refractivity contribution in [2.24, 2.45) is 0 Å². The predicted molar refractivity (Wildman–Crippen MR) is 111 cm³/mol. The number of hydrogen-bond donors (Lipinski definition) is 0. The lowest BCUT2D eigenvalue weighted by molar-refractivity contribution is -0.683. The second kappa shape index (κ2) is 8.62. The van der Waals surface area contributed by atoms with Crippen LogP contribution in [-0.4, -0.2) is 0 Å². The van der Waals surface area contributed by atoms with Gasteiger partial charge in [-0.05, 0) is 35.4 Å². The number of phosphoric ester groups is 1. The molecule has 1 unspecified atom stereocenters. The molecule has 4 rings (SSSR count). The van der Waals surface area contributed by atoms with Crippen molar-refractivity contribution in [1.82, 2.24) is 0 Å². The number of nitrogens with zero attached hydrogens (tertiary/aromatic N) is 1. The number of phosphoric acid groups is 1. The third-order valence-corrected chi connectivity index (χ3v) is 5.71. The summed E-state index contributed by atoms with van der Waals surface area (Å²) in [6, 6.07) is 23.5. The molecule has 0 aliphatic carbocycles. The van der Waals surface area contributed by atoms with E-state index in [4.69, 9.17) is 9.05 Å². The molecule has 0 N–H and O–H groups in total. The third-order valence-electron chi connectivity index (χ3n) is 4.17. The lowest BCUT2D eigenvalue weighted by Gasteiger charge is -2.24. The van der Waals surface area contributed by atoms with Crippen LogP contribution in [0.1, 0.15) is 5.56 Å². The summed E-state index contributed by atoms with van der Waals surface area (Å²) in [5.41, 5.74) is 4.74. The molecular formula is C22H18NO4PS. The van der Waals surface area contributed by atoms with Gasteiger partial charge in [0.2, 0.25) is 5.51 Å². The maximum absolute atomic E-state index is 12.4. The lowest BCUT2D eigenvalue weighted by Crippen LogP contribution is -2.30. The molecule has 0 radical (unpaired) electrons. The zero-order valence-corrected chi connectivity index (χ0v) is 17.1. The standard InChI is InChI=1S/C22H18NO4PS/c24-28(25,26-21-10-4-6-18(14-21)16-23-12-13-29-17-23)27-22-11-5-9-20(15-22)19-7-2-1-3-8-19/h1-15,17H,16H2. The van der Waals surface area contributed by atoms with E-state index < -0.39 is 7.82 Å². The monoisotopic (exact) mass is 423 g/mol. The molecule has 1 heterocycles. The molecule has 0 saturated carbocycles. The van der Waals surface area contributed by atoms with Gasteiger partial charge in [-0.3, -0.25) is 0 Å². The van der Waals surface area contributed by atoms with Gasteiger partial charge in [0.1, 0.15) is 11.5 Å². The van der Waals surface area contributed by atoms with Crippen LogP contribution in [0.15, 0.2) is 96.0 Å². The summed E-state index contributed by atoms with van der Waals surface area (Å²) < 4.78 is 24.8. The van der Waals surface area contributed by atoms with Crippen LogP contribution in [-0.2, 0) is 11.1 Å². The van der Waals surface area contributed by atoms with Crippen LogP contribution in [0, 0.1) is 0 Å². The molecule has 1 aromatic heterocycles. The van der Waals surface area contributed by atoms with Crippen molar-refractivity contribution in [3.05, 3.63) is 102 Å². The second-order valence-corrected chi connectivity index (χ2v) is 8.38. The maximum atomic E-state index is 12.4. The number of thiazole rings is 1. The van der Waals surface area contributed by atoms with Crippen LogP contribution in [0.3, 0.4) is 0 Å². The summed E-state index contributed by atoms with van der Waals surface area (Å²) in [5, 5.41) is 1.98. The van der Waals surface area contributed by atoms with Crippen molar-refractivity contribution in [3.63, 3.8) is 0 Å². The van der Waals surface area contributed by atoms with Gasteiger partial charge >= 0.3 is 7.82 Å². The Bertz CT molecular complexity index is 1130. The van der Waals surface area contributed by atoms with E-state index in [9.17, 15) is 9.46 Å². The van der Waals surface area contributed by atoms with E-state index >= 15 is 0 Å². The molecule has 0 aliphatic rings. The minimum absolute atomic E-state index is 0.203. The Morgan fingerprint density at radius 3 is 2.28 bits per heavy atom. The first-order chi connectivity index (χ1) is 14.1. The Kier molecular flexibility index (Phi) is 5.76. The van der Waals surface area contributed by atoms with Crippen LogP contribution in [0.25, 0.3) is 11.1 Å². The van der Waals surface area contributed by atoms with Crippen molar-refractivity contribution in [2.75, 3.05) is 0 Å². The Labute approximate surface area is 173 Å². The molecule has 0 spiro atoms. The Morgan fingerprint density at radius 1 is 0.862 bits per heavy atom. The SMILES string of the molecule is O=P([O-])(Oc1cccc(C[n+]2ccsc2)c1)Oc1cccc(-c2ccccc2)c1. The fourth-order valence-corrected chi connectivity index (χ4v) is 4.28. The lowest BCUT2D eigenvalue weighted by atomic mass is 10.1. The minimum atomic E-state index is -4.59. The average molecular weight is 423 g/mol. The molecule has 0 fully saturated rings. The molecule has 3 aromatic carbocycles. The van der Waals surface area contributed by atoms with Crippen LogP contribution in [0.2, 0.25) is 0 Å². The molecule has 7 heteroatoms. The van der Waals surface area contributed by atoms with E-state index in [0.717, 1.165) is 16.7 Å². The first kappa shape index (κ1) is 19.4. The quantitative estimate of drug-likeness (QED) is 0.320. The summed E-state index contributed by atoms with van der Waals surface area (Å²) in [5.74, 6) is 0.422. The highest BCUT2D eigenvalue weighted by molar-refractivity contribution is 7.46. The van der Waals surface area contributed by atoms with Crippen molar-refractivity contribution in [2.45, 2.75) is 6.54 Å². The van der Waals surface area contributed by atoms with Gasteiger partial charge in [-0.15, -0.1) is 0 Å². The number of rotatable bonds is 7. The third kappa shape index (κ3) is 5.33. The smallest absolute Gasteiger partial charge is 0.372 e. The van der Waals surface area contributed by atoms with Gasteiger partial charge < -0.3 is 13.9 Å². The zero-order valence-electron chi connectivity index (χ0n) is 15.4. The van der Waals surface area contributed by atoms with Crippen molar-refractivity contribution in [3.8, 4) is 22.6 Å². The van der Waals surface area contributed by atoms with E-state index in [1.807, 2.05) is 64.1 Å². The maximum Gasteiger partial charge on any atom is 0.372 e. The minimum Gasteiger partial charge on any atom is -0.736 e. The summed E-state index contributed by atoms with van der Waals surface area (Å²) in [4.78, 5) is 12.4. The molecule has 4 aromatic rings. The second-order valence-electron chi connectivity index (χ2n) is 6.37. The number of benzene rings is 3. The van der Waals surface area contributed by atoms with Gasteiger partial charge in [-0.1, -0.05) is 65.9 Å². The highest BCUT2D eigenvalue weighted by Crippen LogP contribution is 2.41. The first-order valence-electron chi connectivity index (χ1n) is 8.93. The van der Waals surface area contributed by atoms with Crippen LogP contribution < -0.4 is 18.5 Å². The molecule has 1 atom stereocenters. The molecule has 0 saturated heterocycles. The topological polar surface area (TPSA) is 62.5 Å². The van der Waals surface area contributed by atoms with E-state index in [-0.39, 0.29) is 11.5 Å².